The number of fused-ring (bicyclic) bond motifs is 3. The molecule has 3 N–H and O–H groups in total. The predicted octanol–water partition coefficient (Wildman–Crippen LogP) is 3.09. The summed E-state index contributed by atoms with van der Waals surface area (Å²) in [5.74, 6) is 1.80. The van der Waals surface area contributed by atoms with Gasteiger partial charge in [-0.25, -0.2) is 0 Å². The second kappa shape index (κ2) is 7.11. The largest absolute Gasteiger partial charge is 0.484 e. The molecule has 2 aromatic rings. The van der Waals surface area contributed by atoms with Gasteiger partial charge in [0.25, 0.3) is 5.91 Å². The van der Waals surface area contributed by atoms with Gasteiger partial charge in [-0.1, -0.05) is 0 Å². The molecular weight excluding hydrogens is 352 g/mol. The maximum absolute atomic E-state index is 12.5. The molecule has 4 rings (SSSR count). The lowest BCUT2D eigenvalue weighted by molar-refractivity contribution is -0.787. The minimum absolute atomic E-state index is 0.0482. The molecular formula is C23H33N2O3+. The zero-order chi connectivity index (χ0) is 19.9. The number of aryl methyl sites for hydroxylation is 2. The molecule has 1 fully saturated rings. The van der Waals surface area contributed by atoms with Gasteiger partial charge in [-0.2, -0.15) is 0 Å². The van der Waals surface area contributed by atoms with E-state index in [0.717, 1.165) is 48.2 Å². The number of hydrogen-bond acceptors (Lipinski definition) is 3. The maximum Gasteiger partial charge on any atom is 0.258 e. The summed E-state index contributed by atoms with van der Waals surface area (Å²) in [5, 5.41) is 6.73. The fourth-order valence-corrected chi connectivity index (χ4v) is 5.37. The van der Waals surface area contributed by atoms with Crippen LogP contribution in [0.15, 0.2) is 22.6 Å². The van der Waals surface area contributed by atoms with Crippen molar-refractivity contribution in [2.75, 3.05) is 6.61 Å². The number of benzene rings is 1. The summed E-state index contributed by atoms with van der Waals surface area (Å²) in [6.45, 7) is 9.01. The summed E-state index contributed by atoms with van der Waals surface area (Å²) in [7, 11) is 0. The van der Waals surface area contributed by atoms with Crippen LogP contribution >= 0.6 is 0 Å². The molecule has 0 bridgehead atoms. The number of hydrogen-bond donors (Lipinski definition) is 2. The Hall–Kier alpha value is -2.01. The molecule has 1 aromatic carbocycles. The highest BCUT2D eigenvalue weighted by molar-refractivity contribution is 5.84. The molecule has 5 heteroatoms. The number of furan rings is 1. The first-order chi connectivity index (χ1) is 13.2. The van der Waals surface area contributed by atoms with Crippen LogP contribution in [0.25, 0.3) is 11.0 Å². The van der Waals surface area contributed by atoms with E-state index < -0.39 is 0 Å². The third kappa shape index (κ3) is 4.19. The number of nitrogens with one attached hydrogen (secondary N) is 1. The lowest BCUT2D eigenvalue weighted by Gasteiger charge is -2.43. The zero-order valence-electron chi connectivity index (χ0n) is 17.6. The molecule has 0 saturated carbocycles. The average molecular weight is 386 g/mol. The van der Waals surface area contributed by atoms with E-state index in [0.29, 0.717) is 0 Å². The lowest BCUT2D eigenvalue weighted by atomic mass is 9.79. The van der Waals surface area contributed by atoms with Gasteiger partial charge in [0.05, 0.1) is 11.1 Å². The fraction of sp³-hybridized carbons (Fsp3) is 0.609. The van der Waals surface area contributed by atoms with Crippen molar-refractivity contribution in [2.45, 2.75) is 83.3 Å². The molecule has 1 aromatic heterocycles. The first-order valence-corrected chi connectivity index (χ1v) is 10.5. The smallest absolute Gasteiger partial charge is 0.258 e. The number of amides is 1. The number of carbonyl (C=O) groups excluding carboxylic acids is 1. The number of nitrogens with two attached hydrogens (primary N) is 1. The Bertz CT molecular complexity index is 865. The molecule has 0 atom stereocenters. The predicted molar refractivity (Wildman–Crippen MR) is 110 cm³/mol. The van der Waals surface area contributed by atoms with Crippen LogP contribution < -0.4 is 15.4 Å². The maximum atomic E-state index is 12.5. The zero-order valence-corrected chi connectivity index (χ0v) is 17.6. The summed E-state index contributed by atoms with van der Waals surface area (Å²) in [6.07, 6.45) is 6.43. The van der Waals surface area contributed by atoms with Crippen molar-refractivity contribution >= 4 is 16.9 Å². The monoisotopic (exact) mass is 385 g/mol. The van der Waals surface area contributed by atoms with Gasteiger partial charge in [-0.05, 0) is 65.2 Å². The van der Waals surface area contributed by atoms with Crippen LogP contribution in [-0.2, 0) is 17.6 Å². The third-order valence-electron chi connectivity index (χ3n) is 5.99. The SMILES string of the molecule is CC1(C)CC(NC(=O)COc2ccc3oc4c(c3c2)CCCC4)CC(C)(C)[NH2+]1. The van der Waals surface area contributed by atoms with Gasteiger partial charge in [0.1, 0.15) is 17.1 Å². The minimum atomic E-state index is -0.0483. The van der Waals surface area contributed by atoms with Crippen molar-refractivity contribution in [1.82, 2.24) is 5.32 Å². The molecule has 1 aliphatic heterocycles. The van der Waals surface area contributed by atoms with Crippen molar-refractivity contribution in [3.05, 3.63) is 29.5 Å². The van der Waals surface area contributed by atoms with Crippen molar-refractivity contribution in [3.8, 4) is 5.75 Å². The van der Waals surface area contributed by atoms with E-state index in [2.05, 4.69) is 38.3 Å². The highest BCUT2D eigenvalue weighted by Crippen LogP contribution is 2.34. The minimum Gasteiger partial charge on any atom is -0.484 e. The van der Waals surface area contributed by atoms with Gasteiger partial charge >= 0.3 is 0 Å². The normalized spacial score (nSPS) is 21.3. The van der Waals surface area contributed by atoms with E-state index in [1.807, 2.05) is 18.2 Å². The fourth-order valence-electron chi connectivity index (χ4n) is 5.37. The van der Waals surface area contributed by atoms with Crippen molar-refractivity contribution < 1.29 is 19.3 Å². The number of rotatable bonds is 4. The first-order valence-electron chi connectivity index (χ1n) is 10.5. The average Bonchev–Trinajstić information content (AvgIpc) is 2.95. The van der Waals surface area contributed by atoms with Crippen molar-refractivity contribution in [2.24, 2.45) is 0 Å². The van der Waals surface area contributed by atoms with E-state index >= 15 is 0 Å². The van der Waals surface area contributed by atoms with Gasteiger partial charge in [0.15, 0.2) is 6.61 Å². The first kappa shape index (κ1) is 19.3. The van der Waals surface area contributed by atoms with E-state index in [1.54, 1.807) is 0 Å². The summed E-state index contributed by atoms with van der Waals surface area (Å²) >= 11 is 0. The third-order valence-corrected chi connectivity index (χ3v) is 5.99. The molecule has 0 radical (unpaired) electrons. The van der Waals surface area contributed by atoms with Crippen molar-refractivity contribution in [3.63, 3.8) is 0 Å². The Morgan fingerprint density at radius 3 is 2.64 bits per heavy atom. The molecule has 1 aliphatic carbocycles. The van der Waals surface area contributed by atoms with E-state index in [9.17, 15) is 4.79 Å². The Labute approximate surface area is 167 Å². The summed E-state index contributed by atoms with van der Waals surface area (Å²) < 4.78 is 11.8. The van der Waals surface area contributed by atoms with Gasteiger partial charge in [0.2, 0.25) is 0 Å². The number of carbonyl (C=O) groups is 1. The Morgan fingerprint density at radius 1 is 1.18 bits per heavy atom. The Morgan fingerprint density at radius 2 is 1.89 bits per heavy atom. The highest BCUT2D eigenvalue weighted by Gasteiger charge is 2.42. The summed E-state index contributed by atoms with van der Waals surface area (Å²) in [6, 6.07) is 6.07. The molecule has 2 aliphatic rings. The van der Waals surface area contributed by atoms with Gasteiger partial charge in [0, 0.05) is 36.3 Å². The standard InChI is InChI=1S/C23H32N2O3/c1-22(2)12-15(13-23(3,4)25-22)24-21(26)14-27-16-9-10-20-18(11-16)17-7-5-6-8-19(17)28-20/h9-11,15,25H,5-8,12-14H2,1-4H3,(H,24,26)/p+1. The number of ether oxygens (including phenoxy) is 1. The molecule has 28 heavy (non-hydrogen) atoms. The Kier molecular flexibility index (Phi) is 4.90. The van der Waals surface area contributed by atoms with Crippen LogP contribution in [0, 0.1) is 0 Å². The highest BCUT2D eigenvalue weighted by atomic mass is 16.5. The molecule has 5 nitrogen and oxygen atoms in total. The van der Waals surface area contributed by atoms with Crippen LogP contribution in [0.4, 0.5) is 0 Å². The molecule has 1 amide bonds. The second-order valence-electron chi connectivity index (χ2n) is 9.95. The van der Waals surface area contributed by atoms with Gasteiger partial charge in [-0.3, -0.25) is 4.79 Å². The van der Waals surface area contributed by atoms with Gasteiger partial charge in [-0.15, -0.1) is 0 Å². The number of quaternary nitrogens is 1. The lowest BCUT2D eigenvalue weighted by Crippen LogP contribution is -3.06. The molecule has 2 heterocycles. The summed E-state index contributed by atoms with van der Waals surface area (Å²) in [5.41, 5.74) is 2.50. The van der Waals surface area contributed by atoms with Crippen LogP contribution in [0.3, 0.4) is 0 Å². The van der Waals surface area contributed by atoms with E-state index in [-0.39, 0.29) is 29.6 Å². The summed E-state index contributed by atoms with van der Waals surface area (Å²) in [4.78, 5) is 12.5. The van der Waals surface area contributed by atoms with Crippen LogP contribution in [0.2, 0.25) is 0 Å². The molecule has 0 unspecified atom stereocenters. The van der Waals surface area contributed by atoms with E-state index in [4.69, 9.17) is 9.15 Å². The molecule has 0 spiro atoms. The quantitative estimate of drug-likeness (QED) is 0.850. The van der Waals surface area contributed by atoms with Crippen LogP contribution in [0.5, 0.6) is 5.75 Å². The molecule has 1 saturated heterocycles. The van der Waals surface area contributed by atoms with E-state index in [1.165, 1.54) is 18.4 Å². The Balaban J connectivity index is 1.38. The topological polar surface area (TPSA) is 68.1 Å². The van der Waals surface area contributed by atoms with Crippen molar-refractivity contribution in [1.29, 1.82) is 0 Å². The number of piperidine rings is 1. The second-order valence-corrected chi connectivity index (χ2v) is 9.95. The molecule has 152 valence electrons. The van der Waals surface area contributed by atoms with Gasteiger partial charge < -0.3 is 19.8 Å². The van der Waals surface area contributed by atoms with Crippen LogP contribution in [0.1, 0.15) is 64.7 Å². The van der Waals surface area contributed by atoms with Crippen LogP contribution in [-0.4, -0.2) is 29.6 Å².